The number of para-hydroxylation sites is 3. The second-order valence-corrected chi connectivity index (χ2v) is 9.89. The Morgan fingerprint density at radius 3 is 2.11 bits per heavy atom. The fourth-order valence-electron chi connectivity index (χ4n) is 5.03. The van der Waals surface area contributed by atoms with E-state index in [4.69, 9.17) is 4.42 Å². The number of benzene rings is 5. The maximum atomic E-state index is 9.93. The summed E-state index contributed by atoms with van der Waals surface area (Å²) in [5, 5.41) is 21.6. The summed E-state index contributed by atoms with van der Waals surface area (Å²) < 4.78 is 6.38. The zero-order valence-corrected chi connectivity index (χ0v) is 19.9. The van der Waals surface area contributed by atoms with E-state index < -0.39 is 7.12 Å². The summed E-state index contributed by atoms with van der Waals surface area (Å²) in [6.45, 7) is 0. The van der Waals surface area contributed by atoms with E-state index in [0.717, 1.165) is 37.6 Å². The molecule has 6 heteroatoms. The molecule has 6 aromatic rings. The lowest BCUT2D eigenvalue weighted by Gasteiger charge is -2.33. The highest BCUT2D eigenvalue weighted by atomic mass is 32.2. The van der Waals surface area contributed by atoms with Crippen LogP contribution in [0.15, 0.2) is 123 Å². The molecule has 36 heavy (non-hydrogen) atoms. The van der Waals surface area contributed by atoms with E-state index in [1.165, 1.54) is 11.1 Å². The molecule has 0 aliphatic carbocycles. The molecule has 0 saturated heterocycles. The largest absolute Gasteiger partial charge is 0.492 e. The van der Waals surface area contributed by atoms with Gasteiger partial charge in [0.05, 0.1) is 17.1 Å². The van der Waals surface area contributed by atoms with E-state index in [0.29, 0.717) is 16.6 Å². The van der Waals surface area contributed by atoms with Crippen molar-refractivity contribution in [2.24, 2.45) is 0 Å². The second kappa shape index (κ2) is 8.31. The van der Waals surface area contributed by atoms with E-state index in [9.17, 15) is 10.0 Å². The Kier molecular flexibility index (Phi) is 4.92. The van der Waals surface area contributed by atoms with Gasteiger partial charge in [0.15, 0.2) is 5.58 Å². The van der Waals surface area contributed by atoms with Crippen LogP contribution in [0.5, 0.6) is 0 Å². The van der Waals surface area contributed by atoms with E-state index in [1.807, 2.05) is 30.3 Å². The highest BCUT2D eigenvalue weighted by Crippen LogP contribution is 2.53. The van der Waals surface area contributed by atoms with Crippen LogP contribution in [-0.2, 0) is 0 Å². The monoisotopic (exact) mass is 485 g/mol. The number of furan rings is 1. The van der Waals surface area contributed by atoms with Crippen LogP contribution in [0.3, 0.4) is 0 Å². The molecule has 1 aliphatic heterocycles. The minimum absolute atomic E-state index is 0.358. The predicted molar refractivity (Wildman–Crippen MR) is 148 cm³/mol. The highest BCUT2D eigenvalue weighted by molar-refractivity contribution is 7.99. The highest BCUT2D eigenvalue weighted by Gasteiger charge is 2.28. The van der Waals surface area contributed by atoms with Crippen LogP contribution in [-0.4, -0.2) is 17.2 Å². The molecule has 0 spiro atoms. The van der Waals surface area contributed by atoms with Crippen molar-refractivity contribution < 1.29 is 14.5 Å². The first kappa shape index (κ1) is 21.3. The quantitative estimate of drug-likeness (QED) is 0.268. The third-order valence-electron chi connectivity index (χ3n) is 6.69. The van der Waals surface area contributed by atoms with Gasteiger partial charge in [-0.1, -0.05) is 90.6 Å². The standard InChI is InChI=1S/C30H20BNO3S/c33-31(34)23-12-6-10-21-22-11-7-14-26(30(22)35-29(21)23)32-24-13-4-5-15-27(24)36-28-18-20(16-17-25(28)32)19-8-2-1-3-9-19/h1-18,33-34H. The molecule has 172 valence electrons. The summed E-state index contributed by atoms with van der Waals surface area (Å²) in [7, 11) is -1.61. The zero-order chi connectivity index (χ0) is 24.2. The van der Waals surface area contributed by atoms with Gasteiger partial charge in [0.1, 0.15) is 5.58 Å². The number of anilines is 3. The maximum absolute atomic E-state index is 9.93. The van der Waals surface area contributed by atoms with Gasteiger partial charge in [0.2, 0.25) is 0 Å². The number of hydrogen-bond acceptors (Lipinski definition) is 5. The van der Waals surface area contributed by atoms with Crippen LogP contribution in [0.25, 0.3) is 33.1 Å². The molecule has 0 atom stereocenters. The fraction of sp³-hybridized carbons (Fsp3) is 0. The van der Waals surface area contributed by atoms with Gasteiger partial charge in [0, 0.05) is 26.0 Å². The fourth-order valence-corrected chi connectivity index (χ4v) is 6.13. The first-order valence-electron chi connectivity index (χ1n) is 11.8. The maximum Gasteiger partial charge on any atom is 0.492 e. The molecule has 7 rings (SSSR count). The van der Waals surface area contributed by atoms with E-state index >= 15 is 0 Å². The summed E-state index contributed by atoms with van der Waals surface area (Å²) in [6, 6.07) is 36.9. The molecule has 0 bridgehead atoms. The summed E-state index contributed by atoms with van der Waals surface area (Å²) in [4.78, 5) is 4.57. The Labute approximate surface area is 212 Å². The van der Waals surface area contributed by atoms with Crippen molar-refractivity contribution in [1.82, 2.24) is 0 Å². The molecule has 0 amide bonds. The van der Waals surface area contributed by atoms with Crippen molar-refractivity contribution in [2.45, 2.75) is 9.79 Å². The minimum Gasteiger partial charge on any atom is -0.454 e. The topological polar surface area (TPSA) is 56.8 Å². The molecule has 4 nitrogen and oxygen atoms in total. The minimum atomic E-state index is -1.61. The molecule has 1 aliphatic rings. The van der Waals surface area contributed by atoms with E-state index in [1.54, 1.807) is 17.8 Å². The van der Waals surface area contributed by atoms with Crippen LogP contribution < -0.4 is 10.4 Å². The summed E-state index contributed by atoms with van der Waals surface area (Å²) in [6.07, 6.45) is 0. The van der Waals surface area contributed by atoms with E-state index in [2.05, 4.69) is 77.7 Å². The predicted octanol–water partition coefficient (Wildman–Crippen LogP) is 6.87. The van der Waals surface area contributed by atoms with Crippen molar-refractivity contribution in [1.29, 1.82) is 0 Å². The lowest BCUT2D eigenvalue weighted by Crippen LogP contribution is -2.29. The number of hydrogen-bond donors (Lipinski definition) is 2. The summed E-state index contributed by atoms with van der Waals surface area (Å²) in [5.41, 5.74) is 6.98. The summed E-state index contributed by atoms with van der Waals surface area (Å²) in [5.74, 6) is 0. The van der Waals surface area contributed by atoms with Crippen molar-refractivity contribution >= 4 is 63.3 Å². The number of rotatable bonds is 3. The van der Waals surface area contributed by atoms with E-state index in [-0.39, 0.29) is 0 Å². The van der Waals surface area contributed by atoms with Crippen LogP contribution >= 0.6 is 11.8 Å². The molecular formula is C30H20BNO3S. The Morgan fingerprint density at radius 1 is 0.583 bits per heavy atom. The SMILES string of the molecule is OB(O)c1cccc2c1oc1c(N3c4ccccc4Sc4cc(-c5ccccc5)ccc43)cccc12. The molecule has 0 fully saturated rings. The van der Waals surface area contributed by atoms with Gasteiger partial charge in [-0.3, -0.25) is 0 Å². The van der Waals surface area contributed by atoms with Gasteiger partial charge in [-0.05, 0) is 41.5 Å². The molecule has 0 radical (unpaired) electrons. The zero-order valence-electron chi connectivity index (χ0n) is 19.1. The molecule has 5 aromatic carbocycles. The number of nitrogens with zero attached hydrogens (tertiary/aromatic N) is 1. The smallest absolute Gasteiger partial charge is 0.454 e. The average molecular weight is 485 g/mol. The Hall–Kier alpha value is -3.97. The van der Waals surface area contributed by atoms with Crippen molar-refractivity contribution in [3.05, 3.63) is 109 Å². The van der Waals surface area contributed by atoms with Crippen molar-refractivity contribution in [3.8, 4) is 11.1 Å². The van der Waals surface area contributed by atoms with Crippen LogP contribution in [0.1, 0.15) is 0 Å². The van der Waals surface area contributed by atoms with Crippen molar-refractivity contribution in [3.63, 3.8) is 0 Å². The second-order valence-electron chi connectivity index (χ2n) is 8.81. The van der Waals surface area contributed by atoms with Gasteiger partial charge in [-0.2, -0.15) is 0 Å². The average Bonchev–Trinajstić information content (AvgIpc) is 3.31. The van der Waals surface area contributed by atoms with Gasteiger partial charge in [-0.25, -0.2) is 0 Å². The Balaban J connectivity index is 1.48. The third-order valence-corrected chi connectivity index (χ3v) is 7.80. The van der Waals surface area contributed by atoms with Crippen LogP contribution in [0, 0.1) is 0 Å². The molecule has 1 aromatic heterocycles. The third kappa shape index (κ3) is 3.27. The first-order chi connectivity index (χ1) is 17.7. The van der Waals surface area contributed by atoms with Gasteiger partial charge in [-0.15, -0.1) is 0 Å². The van der Waals surface area contributed by atoms with Gasteiger partial charge < -0.3 is 19.4 Å². The van der Waals surface area contributed by atoms with Gasteiger partial charge >= 0.3 is 7.12 Å². The van der Waals surface area contributed by atoms with Crippen LogP contribution in [0.2, 0.25) is 0 Å². The molecule has 2 heterocycles. The van der Waals surface area contributed by atoms with Gasteiger partial charge in [0.25, 0.3) is 0 Å². The molecule has 0 unspecified atom stereocenters. The lowest BCUT2D eigenvalue weighted by atomic mass is 9.79. The first-order valence-corrected chi connectivity index (χ1v) is 12.6. The normalized spacial score (nSPS) is 12.6. The number of fused-ring (bicyclic) bond motifs is 5. The molecule has 2 N–H and O–H groups in total. The summed E-state index contributed by atoms with van der Waals surface area (Å²) >= 11 is 1.77. The Morgan fingerprint density at radius 2 is 1.28 bits per heavy atom. The Bertz CT molecular complexity index is 1760. The van der Waals surface area contributed by atoms with Crippen LogP contribution in [0.4, 0.5) is 17.1 Å². The molecule has 0 saturated carbocycles. The lowest BCUT2D eigenvalue weighted by molar-refractivity contribution is 0.425. The van der Waals surface area contributed by atoms with Crippen molar-refractivity contribution in [2.75, 3.05) is 4.90 Å². The molecular weight excluding hydrogens is 465 g/mol.